The molecule has 0 aliphatic heterocycles. The van der Waals surface area contributed by atoms with Crippen LogP contribution in [-0.4, -0.2) is 31.1 Å². The van der Waals surface area contributed by atoms with Crippen molar-refractivity contribution in [2.45, 2.75) is 0 Å². The molecule has 3 rings (SSSR count). The molecule has 2 heterocycles. The van der Waals surface area contributed by atoms with Crippen LogP contribution in [0.5, 0.6) is 0 Å². The van der Waals surface area contributed by atoms with Gasteiger partial charge in [0.05, 0.1) is 12.4 Å². The summed E-state index contributed by atoms with van der Waals surface area (Å²) < 4.78 is 0. The molecule has 0 atom stereocenters. The summed E-state index contributed by atoms with van der Waals surface area (Å²) in [5, 5.41) is 4.32. The number of benzene rings is 1. The lowest BCUT2D eigenvalue weighted by atomic mass is 10.2. The molecule has 2 N–H and O–H groups in total. The summed E-state index contributed by atoms with van der Waals surface area (Å²) in [4.78, 5) is 14.0. The quantitative estimate of drug-likeness (QED) is 0.439. The van der Waals surface area contributed by atoms with E-state index in [0.29, 0.717) is 17.3 Å². The highest BCUT2D eigenvalue weighted by Gasteiger charge is 2.11. The molecule has 26 heavy (non-hydrogen) atoms. The second-order valence-electron chi connectivity index (χ2n) is 5.78. The average molecular weight is 345 g/mol. The number of aromatic nitrogens is 2. The molecule has 0 aliphatic carbocycles. The van der Waals surface area contributed by atoms with Gasteiger partial charge < -0.3 is 4.90 Å². The summed E-state index contributed by atoms with van der Waals surface area (Å²) in [5.41, 5.74) is 5.85. The Labute approximate surface area is 153 Å². The molecule has 130 valence electrons. The number of aliphatic imine (C=N–C) groups is 1. The van der Waals surface area contributed by atoms with Crippen LogP contribution < -0.4 is 15.3 Å². The molecule has 0 amide bonds. The monoisotopic (exact) mass is 345 g/mol. The van der Waals surface area contributed by atoms with E-state index in [-0.39, 0.29) is 0 Å². The van der Waals surface area contributed by atoms with Crippen LogP contribution in [-0.2, 0) is 0 Å². The van der Waals surface area contributed by atoms with Crippen LogP contribution in [0, 0.1) is 0 Å². The van der Waals surface area contributed by atoms with E-state index in [2.05, 4.69) is 30.4 Å². The van der Waals surface area contributed by atoms with Crippen LogP contribution in [0.1, 0.15) is 11.3 Å². The Morgan fingerprint density at radius 2 is 1.85 bits per heavy atom. The number of hydrazone groups is 1. The van der Waals surface area contributed by atoms with E-state index >= 15 is 0 Å². The van der Waals surface area contributed by atoms with Crippen molar-refractivity contribution < 1.29 is 4.98 Å². The molecule has 0 radical (unpaired) electrons. The molecule has 2 aromatic heterocycles. The normalized spacial score (nSPS) is 11.5. The summed E-state index contributed by atoms with van der Waals surface area (Å²) in [6.07, 6.45) is 5.31. The van der Waals surface area contributed by atoms with Gasteiger partial charge in [0, 0.05) is 32.0 Å². The van der Waals surface area contributed by atoms with Crippen LogP contribution in [0.25, 0.3) is 0 Å². The third kappa shape index (κ3) is 4.73. The third-order valence-corrected chi connectivity index (χ3v) is 3.63. The SMILES string of the molecule is CN(C)c1ccc(C=NNC(=Nc2cccc[nH+]2)c2ccccn2)cc1. The second-order valence-corrected chi connectivity index (χ2v) is 5.78. The van der Waals surface area contributed by atoms with E-state index in [1.807, 2.05) is 81.0 Å². The zero-order valence-corrected chi connectivity index (χ0v) is 14.8. The first-order valence-electron chi connectivity index (χ1n) is 8.25. The summed E-state index contributed by atoms with van der Waals surface area (Å²) in [6.45, 7) is 0. The molecule has 0 unspecified atom stereocenters. The molecular weight excluding hydrogens is 324 g/mol. The highest BCUT2D eigenvalue weighted by atomic mass is 15.3. The molecule has 0 saturated heterocycles. The average Bonchev–Trinajstić information content (AvgIpc) is 2.69. The first-order valence-corrected chi connectivity index (χ1v) is 8.25. The number of aromatic amines is 1. The van der Waals surface area contributed by atoms with Crippen molar-refractivity contribution in [2.75, 3.05) is 19.0 Å². The Bertz CT molecular complexity index is 871. The predicted octanol–water partition coefficient (Wildman–Crippen LogP) is 2.66. The van der Waals surface area contributed by atoms with E-state index in [9.17, 15) is 0 Å². The first-order chi connectivity index (χ1) is 12.7. The van der Waals surface area contributed by atoms with Gasteiger partial charge >= 0.3 is 5.82 Å². The van der Waals surface area contributed by atoms with Gasteiger partial charge in [-0.1, -0.05) is 24.3 Å². The number of nitrogens with zero attached hydrogens (tertiary/aromatic N) is 4. The molecule has 6 nitrogen and oxygen atoms in total. The van der Waals surface area contributed by atoms with E-state index in [4.69, 9.17) is 0 Å². The van der Waals surface area contributed by atoms with Gasteiger partial charge in [-0.25, -0.2) is 10.4 Å². The van der Waals surface area contributed by atoms with Gasteiger partial charge in [-0.2, -0.15) is 5.10 Å². The van der Waals surface area contributed by atoms with Gasteiger partial charge in [0.1, 0.15) is 5.69 Å². The van der Waals surface area contributed by atoms with Crippen molar-refractivity contribution in [3.05, 3.63) is 84.3 Å². The third-order valence-electron chi connectivity index (χ3n) is 3.63. The van der Waals surface area contributed by atoms with Gasteiger partial charge in [-0.15, -0.1) is 0 Å². The molecule has 3 aromatic rings. The smallest absolute Gasteiger partial charge is 0.323 e. The lowest BCUT2D eigenvalue weighted by Gasteiger charge is -2.11. The fraction of sp³-hybridized carbons (Fsp3) is 0.100. The minimum Gasteiger partial charge on any atom is -0.378 e. The summed E-state index contributed by atoms with van der Waals surface area (Å²) in [5.74, 6) is 1.28. The van der Waals surface area contributed by atoms with Crippen molar-refractivity contribution in [1.82, 2.24) is 10.4 Å². The molecule has 6 heteroatoms. The molecule has 1 aromatic carbocycles. The molecular formula is C20H21N6+. The van der Waals surface area contributed by atoms with Crippen LogP contribution in [0.3, 0.4) is 0 Å². The Morgan fingerprint density at radius 3 is 2.50 bits per heavy atom. The largest absolute Gasteiger partial charge is 0.378 e. The van der Waals surface area contributed by atoms with Crippen LogP contribution >= 0.6 is 0 Å². The first kappa shape index (κ1) is 17.3. The van der Waals surface area contributed by atoms with E-state index in [0.717, 1.165) is 11.3 Å². The number of rotatable bonds is 5. The van der Waals surface area contributed by atoms with Crippen LogP contribution in [0.2, 0.25) is 0 Å². The fourth-order valence-corrected chi connectivity index (χ4v) is 2.24. The number of nitrogens with one attached hydrogen (secondary N) is 2. The highest BCUT2D eigenvalue weighted by Crippen LogP contribution is 2.11. The lowest BCUT2D eigenvalue weighted by molar-refractivity contribution is -0.362. The zero-order valence-electron chi connectivity index (χ0n) is 14.8. The summed E-state index contributed by atoms with van der Waals surface area (Å²) in [6, 6.07) is 19.5. The zero-order chi connectivity index (χ0) is 18.2. The topological polar surface area (TPSA) is 67.0 Å². The summed E-state index contributed by atoms with van der Waals surface area (Å²) in [7, 11) is 4.03. The summed E-state index contributed by atoms with van der Waals surface area (Å²) >= 11 is 0. The maximum Gasteiger partial charge on any atom is 0.323 e. The number of hydrogen-bond acceptors (Lipinski definition) is 4. The highest BCUT2D eigenvalue weighted by molar-refractivity contribution is 5.98. The van der Waals surface area contributed by atoms with E-state index in [1.54, 1.807) is 12.4 Å². The van der Waals surface area contributed by atoms with E-state index in [1.165, 1.54) is 0 Å². The second kappa shape index (κ2) is 8.53. The lowest BCUT2D eigenvalue weighted by Crippen LogP contribution is -2.21. The standard InChI is InChI=1S/C20H20N6/c1-26(2)17-11-9-16(10-12-17)15-23-25-20(18-7-3-5-13-21-18)24-19-8-4-6-14-22-19/h3-15H,1-2H3,(H,22,24,25)/p+1. The van der Waals surface area contributed by atoms with Crippen molar-refractivity contribution in [1.29, 1.82) is 0 Å². The minimum absolute atomic E-state index is 0.564. The number of H-pyrrole nitrogens is 1. The number of hydrogen-bond donors (Lipinski definition) is 1. The number of anilines is 1. The van der Waals surface area contributed by atoms with Crippen molar-refractivity contribution in [3.8, 4) is 0 Å². The van der Waals surface area contributed by atoms with Gasteiger partial charge in [0.25, 0.3) is 5.84 Å². The Hall–Kier alpha value is -3.54. The van der Waals surface area contributed by atoms with Gasteiger partial charge in [-0.3, -0.25) is 4.98 Å². The number of pyridine rings is 2. The predicted molar refractivity (Wildman–Crippen MR) is 105 cm³/mol. The van der Waals surface area contributed by atoms with Gasteiger partial charge in [-0.05, 0) is 40.9 Å². The van der Waals surface area contributed by atoms with Gasteiger partial charge in [0.2, 0.25) is 0 Å². The number of amidine groups is 1. The Kier molecular flexibility index (Phi) is 5.67. The van der Waals surface area contributed by atoms with Crippen molar-refractivity contribution in [3.63, 3.8) is 0 Å². The molecule has 0 fully saturated rings. The van der Waals surface area contributed by atoms with Crippen molar-refractivity contribution >= 4 is 23.6 Å². The van der Waals surface area contributed by atoms with Gasteiger partial charge in [0.15, 0.2) is 0 Å². The Morgan fingerprint density at radius 1 is 1.04 bits per heavy atom. The molecule has 0 aliphatic rings. The maximum absolute atomic E-state index is 4.56. The van der Waals surface area contributed by atoms with Crippen LogP contribution in [0.15, 0.2) is 83.2 Å². The maximum atomic E-state index is 4.56. The molecule has 0 spiro atoms. The minimum atomic E-state index is 0.564. The molecule has 0 bridgehead atoms. The van der Waals surface area contributed by atoms with Crippen LogP contribution in [0.4, 0.5) is 11.5 Å². The fourth-order valence-electron chi connectivity index (χ4n) is 2.24. The molecule has 0 saturated carbocycles. The van der Waals surface area contributed by atoms with Crippen molar-refractivity contribution in [2.24, 2.45) is 10.1 Å². The Balaban J connectivity index is 1.79. The van der Waals surface area contributed by atoms with E-state index < -0.39 is 0 Å².